The molecule has 3 fully saturated rings. The third-order valence-corrected chi connectivity index (χ3v) is 5.26. The number of nitrogens with two attached hydrogens (primary N) is 1. The van der Waals surface area contributed by atoms with Crippen LogP contribution in [0, 0.1) is 5.92 Å². The van der Waals surface area contributed by atoms with E-state index in [0.29, 0.717) is 6.04 Å². The Balaban J connectivity index is 1.70. The molecule has 0 aromatic rings. The predicted octanol–water partition coefficient (Wildman–Crippen LogP) is 2.91. The molecule has 1 saturated carbocycles. The molecule has 1 aliphatic carbocycles. The molecule has 3 unspecified atom stereocenters. The van der Waals surface area contributed by atoms with Gasteiger partial charge in [0.05, 0.1) is 0 Å². The van der Waals surface area contributed by atoms with E-state index in [2.05, 4.69) is 11.8 Å². The lowest BCUT2D eigenvalue weighted by molar-refractivity contribution is -0.0111. The summed E-state index contributed by atoms with van der Waals surface area (Å²) in [5, 5.41) is 0. The summed E-state index contributed by atoms with van der Waals surface area (Å²) in [7, 11) is 0. The number of nitrogens with zero attached hydrogens (tertiary/aromatic N) is 1. The summed E-state index contributed by atoms with van der Waals surface area (Å²) in [6.45, 7) is 2.39. The summed E-state index contributed by atoms with van der Waals surface area (Å²) in [6, 6.07) is 2.99. The molecule has 2 saturated heterocycles. The van der Waals surface area contributed by atoms with E-state index in [-0.39, 0.29) is 0 Å². The van der Waals surface area contributed by atoms with E-state index in [1.165, 1.54) is 57.8 Å². The van der Waals surface area contributed by atoms with E-state index < -0.39 is 0 Å². The van der Waals surface area contributed by atoms with Crippen molar-refractivity contribution in [2.24, 2.45) is 11.7 Å². The van der Waals surface area contributed by atoms with E-state index in [4.69, 9.17) is 5.73 Å². The van der Waals surface area contributed by atoms with Crippen LogP contribution >= 0.6 is 0 Å². The summed E-state index contributed by atoms with van der Waals surface area (Å²) in [4.78, 5) is 2.91. The highest BCUT2D eigenvalue weighted by molar-refractivity contribution is 4.97. The Morgan fingerprint density at radius 3 is 2.29 bits per heavy atom. The van der Waals surface area contributed by atoms with Gasteiger partial charge in [-0.25, -0.2) is 0 Å². The van der Waals surface area contributed by atoms with Crippen molar-refractivity contribution < 1.29 is 0 Å². The summed E-state index contributed by atoms with van der Waals surface area (Å²) < 4.78 is 0. The molecular formula is C15H28N2. The van der Waals surface area contributed by atoms with Gasteiger partial charge in [-0.1, -0.05) is 26.2 Å². The molecule has 0 radical (unpaired) electrons. The van der Waals surface area contributed by atoms with Crippen molar-refractivity contribution in [3.05, 3.63) is 0 Å². The molecule has 0 amide bonds. The lowest BCUT2D eigenvalue weighted by Gasteiger charge is -2.52. The molecule has 2 N–H and O–H groups in total. The molecule has 2 aliphatic heterocycles. The lowest BCUT2D eigenvalue weighted by atomic mass is 9.80. The van der Waals surface area contributed by atoms with Gasteiger partial charge in [-0.05, 0) is 44.4 Å². The van der Waals surface area contributed by atoms with Gasteiger partial charge in [-0.3, -0.25) is 4.90 Å². The second-order valence-electron chi connectivity index (χ2n) is 6.66. The Labute approximate surface area is 106 Å². The van der Waals surface area contributed by atoms with E-state index in [0.717, 1.165) is 24.0 Å². The summed E-state index contributed by atoms with van der Waals surface area (Å²) >= 11 is 0. The average molecular weight is 236 g/mol. The minimum Gasteiger partial charge on any atom is -0.328 e. The summed E-state index contributed by atoms with van der Waals surface area (Å²) in [5.41, 5.74) is 6.22. The van der Waals surface area contributed by atoms with Gasteiger partial charge in [0.2, 0.25) is 0 Å². The first-order chi connectivity index (χ1) is 8.28. The molecule has 3 aliphatic rings. The molecule has 98 valence electrons. The van der Waals surface area contributed by atoms with E-state index in [1.54, 1.807) is 0 Å². The van der Waals surface area contributed by atoms with Gasteiger partial charge in [0, 0.05) is 24.2 Å². The maximum Gasteiger partial charge on any atom is 0.0116 e. The van der Waals surface area contributed by atoms with Crippen LogP contribution in [0.2, 0.25) is 0 Å². The minimum atomic E-state index is 0.486. The smallest absolute Gasteiger partial charge is 0.0116 e. The molecule has 17 heavy (non-hydrogen) atoms. The van der Waals surface area contributed by atoms with Crippen LogP contribution in [0.3, 0.4) is 0 Å². The van der Waals surface area contributed by atoms with Crippen LogP contribution in [-0.4, -0.2) is 29.1 Å². The third-order valence-electron chi connectivity index (χ3n) is 5.26. The minimum absolute atomic E-state index is 0.486. The van der Waals surface area contributed by atoms with Crippen LogP contribution in [0.15, 0.2) is 0 Å². The molecule has 3 rings (SSSR count). The van der Waals surface area contributed by atoms with Crippen LogP contribution in [0.25, 0.3) is 0 Å². The van der Waals surface area contributed by atoms with E-state index in [1.807, 2.05) is 0 Å². The van der Waals surface area contributed by atoms with Crippen LogP contribution in [0.4, 0.5) is 0 Å². The van der Waals surface area contributed by atoms with Gasteiger partial charge >= 0.3 is 0 Å². The normalized spacial score (nSPS) is 40.2. The third kappa shape index (κ3) is 2.53. The first-order valence-electron chi connectivity index (χ1n) is 7.81. The highest BCUT2D eigenvalue weighted by atomic mass is 15.2. The Kier molecular flexibility index (Phi) is 3.45. The first-order valence-corrected chi connectivity index (χ1v) is 7.81. The fourth-order valence-electron chi connectivity index (χ4n) is 4.29. The summed E-state index contributed by atoms with van der Waals surface area (Å²) in [5.74, 6) is 1.07. The molecule has 2 nitrogen and oxygen atoms in total. The molecule has 0 aromatic heterocycles. The van der Waals surface area contributed by atoms with Crippen molar-refractivity contribution in [3.8, 4) is 0 Å². The van der Waals surface area contributed by atoms with Crippen molar-refractivity contribution in [1.82, 2.24) is 4.90 Å². The van der Waals surface area contributed by atoms with Crippen molar-refractivity contribution in [2.75, 3.05) is 0 Å². The number of hydrogen-bond donors (Lipinski definition) is 1. The fourth-order valence-corrected chi connectivity index (χ4v) is 4.29. The van der Waals surface area contributed by atoms with Crippen LogP contribution in [0.5, 0.6) is 0 Å². The Morgan fingerprint density at radius 1 is 1.12 bits per heavy atom. The van der Waals surface area contributed by atoms with E-state index >= 15 is 0 Å². The summed E-state index contributed by atoms with van der Waals surface area (Å²) in [6.07, 6.45) is 12.6. The van der Waals surface area contributed by atoms with Gasteiger partial charge in [0.25, 0.3) is 0 Å². The lowest BCUT2D eigenvalue weighted by Crippen LogP contribution is -2.58. The molecule has 3 atom stereocenters. The maximum atomic E-state index is 6.22. The van der Waals surface area contributed by atoms with Crippen molar-refractivity contribution in [2.45, 2.75) is 88.9 Å². The van der Waals surface area contributed by atoms with Gasteiger partial charge in [0.15, 0.2) is 0 Å². The molecule has 0 spiro atoms. The van der Waals surface area contributed by atoms with Crippen LogP contribution in [0.1, 0.15) is 64.7 Å². The first kappa shape index (κ1) is 12.0. The quantitative estimate of drug-likeness (QED) is 0.813. The Bertz CT molecular complexity index is 248. The standard InChI is InChI=1S/C15H28N2/c1-2-13(8-11-6-7-11)17-14-4-3-5-15(17)10-12(16)9-14/h11-15H,2-10,16H2,1H3. The highest BCUT2D eigenvalue weighted by Gasteiger charge is 2.41. The number of hydrogen-bond acceptors (Lipinski definition) is 2. The maximum absolute atomic E-state index is 6.22. The predicted molar refractivity (Wildman–Crippen MR) is 71.9 cm³/mol. The van der Waals surface area contributed by atoms with Gasteiger partial charge in [-0.15, -0.1) is 0 Å². The molecular weight excluding hydrogens is 208 g/mol. The SMILES string of the molecule is CCC(CC1CC1)N1C2CCCC1CC(N)C2. The molecule has 2 bridgehead atoms. The largest absolute Gasteiger partial charge is 0.328 e. The van der Waals surface area contributed by atoms with Crippen molar-refractivity contribution in [3.63, 3.8) is 0 Å². The Morgan fingerprint density at radius 2 is 1.76 bits per heavy atom. The van der Waals surface area contributed by atoms with Crippen LogP contribution in [-0.2, 0) is 0 Å². The molecule has 2 heteroatoms. The van der Waals surface area contributed by atoms with Crippen molar-refractivity contribution >= 4 is 0 Å². The monoisotopic (exact) mass is 236 g/mol. The number of piperidine rings is 2. The van der Waals surface area contributed by atoms with Gasteiger partial charge in [-0.2, -0.15) is 0 Å². The van der Waals surface area contributed by atoms with Gasteiger partial charge < -0.3 is 5.73 Å². The topological polar surface area (TPSA) is 29.3 Å². The zero-order chi connectivity index (χ0) is 11.8. The zero-order valence-corrected chi connectivity index (χ0v) is 11.3. The molecule has 0 aromatic carbocycles. The van der Waals surface area contributed by atoms with Gasteiger partial charge in [0.1, 0.15) is 0 Å². The van der Waals surface area contributed by atoms with E-state index in [9.17, 15) is 0 Å². The highest BCUT2D eigenvalue weighted by Crippen LogP contribution is 2.41. The fraction of sp³-hybridized carbons (Fsp3) is 1.00. The van der Waals surface area contributed by atoms with Crippen molar-refractivity contribution in [1.29, 1.82) is 0 Å². The number of rotatable bonds is 4. The molecule has 2 heterocycles. The zero-order valence-electron chi connectivity index (χ0n) is 11.3. The number of fused-ring (bicyclic) bond motifs is 2. The average Bonchev–Trinajstić information content (AvgIpc) is 3.09. The second-order valence-corrected chi connectivity index (χ2v) is 6.66. The Hall–Kier alpha value is -0.0800. The van der Waals surface area contributed by atoms with Crippen LogP contribution < -0.4 is 5.73 Å². The second kappa shape index (κ2) is 4.89.